The van der Waals surface area contributed by atoms with E-state index in [-0.39, 0.29) is 11.7 Å². The zero-order valence-electron chi connectivity index (χ0n) is 10.3. The molecule has 2 aromatic rings. The highest BCUT2D eigenvalue weighted by Crippen LogP contribution is 2.30. The first-order valence-electron chi connectivity index (χ1n) is 6.22. The first-order valence-corrected chi connectivity index (χ1v) is 6.22. The van der Waals surface area contributed by atoms with Crippen LogP contribution in [0, 0.1) is 5.92 Å². The molecule has 1 aliphatic heterocycles. The van der Waals surface area contributed by atoms with E-state index in [2.05, 4.69) is 4.98 Å². The Morgan fingerprint density at radius 3 is 2.89 bits per heavy atom. The summed E-state index contributed by atoms with van der Waals surface area (Å²) < 4.78 is 1.88. The zero-order valence-corrected chi connectivity index (χ0v) is 10.3. The quantitative estimate of drug-likeness (QED) is 0.862. The molecule has 5 nitrogen and oxygen atoms in total. The first-order chi connectivity index (χ1) is 9.15. The van der Waals surface area contributed by atoms with Gasteiger partial charge in [-0.25, -0.2) is 4.98 Å². The summed E-state index contributed by atoms with van der Waals surface area (Å²) in [7, 11) is 0. The number of aliphatic carboxylic acids is 1. The molecular weight excluding hydrogens is 244 g/mol. The Morgan fingerprint density at radius 1 is 1.37 bits per heavy atom. The van der Waals surface area contributed by atoms with Crippen molar-refractivity contribution < 1.29 is 15.0 Å². The minimum atomic E-state index is -0.761. The molecule has 1 aromatic carbocycles. The van der Waals surface area contributed by atoms with Gasteiger partial charge < -0.3 is 14.8 Å². The highest BCUT2D eigenvalue weighted by atomic mass is 16.4. The van der Waals surface area contributed by atoms with Crippen molar-refractivity contribution in [2.45, 2.75) is 19.4 Å². The van der Waals surface area contributed by atoms with Crippen LogP contribution in [0.25, 0.3) is 11.3 Å². The fourth-order valence-corrected chi connectivity index (χ4v) is 2.47. The van der Waals surface area contributed by atoms with Gasteiger partial charge in [0.1, 0.15) is 11.6 Å². The van der Waals surface area contributed by atoms with E-state index in [1.165, 1.54) is 0 Å². The Kier molecular flexibility index (Phi) is 2.74. The van der Waals surface area contributed by atoms with Crippen molar-refractivity contribution in [3.63, 3.8) is 0 Å². The molecule has 2 N–H and O–H groups in total. The van der Waals surface area contributed by atoms with Crippen LogP contribution < -0.4 is 0 Å². The predicted molar refractivity (Wildman–Crippen MR) is 68.8 cm³/mol. The van der Waals surface area contributed by atoms with E-state index in [0.29, 0.717) is 30.6 Å². The van der Waals surface area contributed by atoms with E-state index in [4.69, 9.17) is 5.11 Å². The monoisotopic (exact) mass is 258 g/mol. The Labute approximate surface area is 110 Å². The normalized spacial score (nSPS) is 18.0. The lowest BCUT2D eigenvalue weighted by atomic mass is 10.00. The van der Waals surface area contributed by atoms with Crippen molar-refractivity contribution in [3.05, 3.63) is 36.3 Å². The van der Waals surface area contributed by atoms with Gasteiger partial charge in [-0.1, -0.05) is 12.1 Å². The number of benzene rings is 1. The summed E-state index contributed by atoms with van der Waals surface area (Å²) in [6, 6.07) is 7.02. The average Bonchev–Trinajstić information content (AvgIpc) is 2.81. The molecule has 1 atom stereocenters. The van der Waals surface area contributed by atoms with Crippen molar-refractivity contribution in [2.24, 2.45) is 5.92 Å². The van der Waals surface area contributed by atoms with Crippen LogP contribution in [0.4, 0.5) is 0 Å². The highest BCUT2D eigenvalue weighted by Gasteiger charge is 2.25. The van der Waals surface area contributed by atoms with Gasteiger partial charge in [0.2, 0.25) is 0 Å². The van der Waals surface area contributed by atoms with Crippen molar-refractivity contribution in [2.75, 3.05) is 0 Å². The van der Waals surface area contributed by atoms with Crippen LogP contribution in [-0.4, -0.2) is 25.7 Å². The van der Waals surface area contributed by atoms with Gasteiger partial charge in [-0.05, 0) is 18.6 Å². The largest absolute Gasteiger partial charge is 0.507 e. The zero-order chi connectivity index (χ0) is 13.4. The number of para-hydroxylation sites is 1. The third kappa shape index (κ3) is 2.07. The number of carbonyl (C=O) groups is 1. The lowest BCUT2D eigenvalue weighted by Crippen LogP contribution is -2.26. The molecule has 98 valence electrons. The fraction of sp³-hybridized carbons (Fsp3) is 0.286. The summed E-state index contributed by atoms with van der Waals surface area (Å²) >= 11 is 0. The Morgan fingerprint density at radius 2 is 2.16 bits per heavy atom. The third-order valence-corrected chi connectivity index (χ3v) is 3.52. The molecule has 1 unspecified atom stereocenters. The van der Waals surface area contributed by atoms with E-state index in [1.807, 2.05) is 16.8 Å². The molecule has 1 aliphatic rings. The molecule has 0 saturated heterocycles. The Bertz CT molecular complexity index is 633. The molecule has 5 heteroatoms. The number of carboxylic acid groups (broad SMARTS) is 1. The molecular formula is C14H14N2O3. The maximum atomic E-state index is 11.0. The van der Waals surface area contributed by atoms with E-state index in [0.717, 1.165) is 5.82 Å². The number of hydrogen-bond acceptors (Lipinski definition) is 3. The number of fused-ring (bicyclic) bond motifs is 1. The van der Waals surface area contributed by atoms with Crippen molar-refractivity contribution in [1.29, 1.82) is 0 Å². The van der Waals surface area contributed by atoms with Gasteiger partial charge in [-0.2, -0.15) is 0 Å². The molecule has 1 aromatic heterocycles. The molecule has 0 saturated carbocycles. The lowest BCUT2D eigenvalue weighted by Gasteiger charge is -2.19. The standard InChI is InChI=1S/C14H14N2O3/c17-12-4-2-1-3-10(12)11-8-16-7-9(14(18)19)5-6-13(16)15-11/h1-4,8-9,17H,5-7H2,(H,18,19). The molecule has 0 radical (unpaired) electrons. The van der Waals surface area contributed by atoms with E-state index in [1.54, 1.807) is 18.2 Å². The van der Waals surface area contributed by atoms with Gasteiger partial charge in [0.15, 0.2) is 0 Å². The number of aromatic nitrogens is 2. The molecule has 3 rings (SSSR count). The summed E-state index contributed by atoms with van der Waals surface area (Å²) in [5.74, 6) is -0.0362. The topological polar surface area (TPSA) is 75.3 Å². The van der Waals surface area contributed by atoms with Gasteiger partial charge in [0.05, 0.1) is 11.6 Å². The van der Waals surface area contributed by atoms with Gasteiger partial charge >= 0.3 is 5.97 Å². The molecule has 0 amide bonds. The number of aryl methyl sites for hydroxylation is 1. The number of carboxylic acids is 1. The molecule has 2 heterocycles. The van der Waals surface area contributed by atoms with Crippen LogP contribution in [0.15, 0.2) is 30.5 Å². The predicted octanol–water partition coefficient (Wildman–Crippen LogP) is 1.90. The summed E-state index contributed by atoms with van der Waals surface area (Å²) in [6.07, 6.45) is 3.09. The van der Waals surface area contributed by atoms with Gasteiger partial charge in [-0.3, -0.25) is 4.79 Å². The number of imidazole rings is 1. The number of hydrogen-bond donors (Lipinski definition) is 2. The van der Waals surface area contributed by atoms with Gasteiger partial charge in [0.25, 0.3) is 0 Å². The number of nitrogens with zero attached hydrogens (tertiary/aromatic N) is 2. The van der Waals surface area contributed by atoms with Crippen LogP contribution in [0.5, 0.6) is 5.75 Å². The van der Waals surface area contributed by atoms with Crippen LogP contribution in [-0.2, 0) is 17.8 Å². The first kappa shape index (κ1) is 11.8. The number of phenols is 1. The van der Waals surface area contributed by atoms with Crippen LogP contribution in [0.2, 0.25) is 0 Å². The second-order valence-electron chi connectivity index (χ2n) is 4.79. The SMILES string of the molecule is O=C(O)C1CCc2nc(-c3ccccc3O)cn2C1. The average molecular weight is 258 g/mol. The molecule has 0 spiro atoms. The maximum absolute atomic E-state index is 11.0. The van der Waals surface area contributed by atoms with Crippen LogP contribution in [0.1, 0.15) is 12.2 Å². The third-order valence-electron chi connectivity index (χ3n) is 3.52. The maximum Gasteiger partial charge on any atom is 0.308 e. The second-order valence-corrected chi connectivity index (χ2v) is 4.79. The molecule has 19 heavy (non-hydrogen) atoms. The Hall–Kier alpha value is -2.30. The minimum Gasteiger partial charge on any atom is -0.507 e. The van der Waals surface area contributed by atoms with E-state index < -0.39 is 5.97 Å². The highest BCUT2D eigenvalue weighted by molar-refractivity contribution is 5.70. The summed E-state index contributed by atoms with van der Waals surface area (Å²) in [5.41, 5.74) is 1.37. The number of rotatable bonds is 2. The lowest BCUT2D eigenvalue weighted by molar-refractivity contribution is -0.142. The number of phenolic OH excluding ortho intramolecular Hbond substituents is 1. The van der Waals surface area contributed by atoms with Crippen LogP contribution >= 0.6 is 0 Å². The smallest absolute Gasteiger partial charge is 0.308 e. The molecule has 0 aliphatic carbocycles. The minimum absolute atomic E-state index is 0.188. The summed E-state index contributed by atoms with van der Waals surface area (Å²) in [4.78, 5) is 15.5. The van der Waals surface area contributed by atoms with Crippen molar-refractivity contribution in [1.82, 2.24) is 9.55 Å². The Balaban J connectivity index is 1.96. The summed E-state index contributed by atoms with van der Waals surface area (Å²) in [6.45, 7) is 0.450. The second kappa shape index (κ2) is 4.42. The van der Waals surface area contributed by atoms with Gasteiger partial charge in [-0.15, -0.1) is 0 Å². The van der Waals surface area contributed by atoms with E-state index >= 15 is 0 Å². The molecule has 0 bridgehead atoms. The van der Waals surface area contributed by atoms with Gasteiger partial charge in [0, 0.05) is 24.7 Å². The van der Waals surface area contributed by atoms with E-state index in [9.17, 15) is 9.90 Å². The summed E-state index contributed by atoms with van der Waals surface area (Å²) in [5, 5.41) is 18.9. The van der Waals surface area contributed by atoms with Crippen molar-refractivity contribution in [3.8, 4) is 17.0 Å². The fourth-order valence-electron chi connectivity index (χ4n) is 2.47. The van der Waals surface area contributed by atoms with Crippen molar-refractivity contribution >= 4 is 5.97 Å². The van der Waals surface area contributed by atoms with Crippen LogP contribution in [0.3, 0.4) is 0 Å². The molecule has 0 fully saturated rings. The number of aromatic hydroxyl groups is 1.